The molecule has 12 heteroatoms. The predicted molar refractivity (Wildman–Crippen MR) is 107 cm³/mol. The standard InChI is InChI=1S/C19H20F3N3O5S/c1-12(25-31(28,29)16-9-4-3-8-15(16)19(20,21)22)18(27)24-14-7-5-6-13(10-14)23-17(26)11-30-2/h3-10,12,25H,11H2,1-2H3,(H,23,26)(H,24,27)/t12-/m0/s1. The summed E-state index contributed by atoms with van der Waals surface area (Å²) in [5.74, 6) is -1.23. The maximum Gasteiger partial charge on any atom is 0.417 e. The third kappa shape index (κ3) is 6.77. The summed E-state index contributed by atoms with van der Waals surface area (Å²) in [7, 11) is -3.29. The number of benzene rings is 2. The van der Waals surface area contributed by atoms with Crippen LogP contribution in [0.5, 0.6) is 0 Å². The summed E-state index contributed by atoms with van der Waals surface area (Å²) >= 11 is 0. The van der Waals surface area contributed by atoms with E-state index in [-0.39, 0.29) is 12.3 Å². The highest BCUT2D eigenvalue weighted by atomic mass is 32.2. The third-order valence-electron chi connectivity index (χ3n) is 3.90. The average Bonchev–Trinajstić information content (AvgIpc) is 2.67. The molecule has 0 aliphatic carbocycles. The Kier molecular flexibility index (Phi) is 7.76. The van der Waals surface area contributed by atoms with Gasteiger partial charge in [0.25, 0.3) is 0 Å². The maximum atomic E-state index is 13.1. The van der Waals surface area contributed by atoms with Crippen LogP contribution >= 0.6 is 0 Å². The Hall–Kier alpha value is -2.96. The van der Waals surface area contributed by atoms with Crippen molar-refractivity contribution < 1.29 is 35.9 Å². The normalized spacial score (nSPS) is 12.8. The molecule has 0 heterocycles. The van der Waals surface area contributed by atoms with Gasteiger partial charge in [0.1, 0.15) is 6.61 Å². The Morgan fingerprint density at radius 2 is 1.65 bits per heavy atom. The van der Waals surface area contributed by atoms with Crippen molar-refractivity contribution in [3.8, 4) is 0 Å². The van der Waals surface area contributed by atoms with Crippen LogP contribution < -0.4 is 15.4 Å². The monoisotopic (exact) mass is 459 g/mol. The van der Waals surface area contributed by atoms with Gasteiger partial charge in [-0.15, -0.1) is 0 Å². The third-order valence-corrected chi connectivity index (χ3v) is 5.50. The van der Waals surface area contributed by atoms with Gasteiger partial charge in [-0.25, -0.2) is 8.42 Å². The lowest BCUT2D eigenvalue weighted by molar-refractivity contribution is -0.139. The summed E-state index contributed by atoms with van der Waals surface area (Å²) in [4.78, 5) is 23.0. The lowest BCUT2D eigenvalue weighted by Crippen LogP contribution is -2.42. The molecule has 2 amide bonds. The Morgan fingerprint density at radius 1 is 1.03 bits per heavy atom. The minimum Gasteiger partial charge on any atom is -0.375 e. The molecule has 0 bridgehead atoms. The van der Waals surface area contributed by atoms with Crippen molar-refractivity contribution in [2.45, 2.75) is 24.0 Å². The molecule has 0 radical (unpaired) electrons. The topological polar surface area (TPSA) is 114 Å². The number of carbonyl (C=O) groups excluding carboxylic acids is 2. The van der Waals surface area contributed by atoms with Crippen molar-refractivity contribution in [1.82, 2.24) is 4.72 Å². The fourth-order valence-corrected chi connectivity index (χ4v) is 3.97. The summed E-state index contributed by atoms with van der Waals surface area (Å²) in [6, 6.07) is 8.28. The van der Waals surface area contributed by atoms with Crippen molar-refractivity contribution in [1.29, 1.82) is 0 Å². The van der Waals surface area contributed by atoms with Crippen molar-refractivity contribution >= 4 is 33.2 Å². The number of methoxy groups -OCH3 is 1. The minimum absolute atomic E-state index is 0.172. The molecule has 2 aromatic rings. The molecule has 31 heavy (non-hydrogen) atoms. The zero-order valence-corrected chi connectivity index (χ0v) is 17.3. The molecule has 0 saturated heterocycles. The van der Waals surface area contributed by atoms with E-state index in [0.717, 1.165) is 18.2 Å². The van der Waals surface area contributed by atoms with Crippen LogP contribution in [0.1, 0.15) is 12.5 Å². The largest absolute Gasteiger partial charge is 0.417 e. The lowest BCUT2D eigenvalue weighted by Gasteiger charge is -2.17. The van der Waals surface area contributed by atoms with Crippen LogP contribution in [-0.2, 0) is 30.5 Å². The van der Waals surface area contributed by atoms with E-state index in [1.54, 1.807) is 6.07 Å². The molecule has 0 fully saturated rings. The Balaban J connectivity index is 2.12. The number of sulfonamides is 1. The van der Waals surface area contributed by atoms with Crippen molar-refractivity contribution in [2.75, 3.05) is 24.4 Å². The fourth-order valence-electron chi connectivity index (χ4n) is 2.54. The number of amides is 2. The Labute approximate surface area is 176 Å². The quantitative estimate of drug-likeness (QED) is 0.562. The summed E-state index contributed by atoms with van der Waals surface area (Å²) in [6.07, 6.45) is -4.88. The number of halogens is 3. The predicted octanol–water partition coefficient (Wildman–Crippen LogP) is 2.60. The van der Waals surface area contributed by atoms with Crippen LogP contribution in [0.15, 0.2) is 53.4 Å². The lowest BCUT2D eigenvalue weighted by atomic mass is 10.2. The highest BCUT2D eigenvalue weighted by Crippen LogP contribution is 2.33. The van der Waals surface area contributed by atoms with Gasteiger partial charge in [-0.1, -0.05) is 18.2 Å². The van der Waals surface area contributed by atoms with Crippen LogP contribution in [0.2, 0.25) is 0 Å². The van der Waals surface area contributed by atoms with Gasteiger partial charge in [-0.05, 0) is 37.3 Å². The summed E-state index contributed by atoms with van der Waals surface area (Å²) in [5.41, 5.74) is -0.747. The second-order valence-electron chi connectivity index (χ2n) is 6.39. The van der Waals surface area contributed by atoms with Gasteiger partial charge in [0.2, 0.25) is 21.8 Å². The molecule has 0 aliphatic heterocycles. The second-order valence-corrected chi connectivity index (χ2v) is 8.07. The number of hydrogen-bond acceptors (Lipinski definition) is 5. The molecule has 168 valence electrons. The number of carbonyl (C=O) groups is 2. The molecule has 0 aliphatic rings. The van der Waals surface area contributed by atoms with E-state index in [2.05, 4.69) is 10.6 Å². The first-order chi connectivity index (χ1) is 14.4. The van der Waals surface area contributed by atoms with Gasteiger partial charge in [0.05, 0.1) is 16.5 Å². The van der Waals surface area contributed by atoms with Crippen LogP contribution in [0.4, 0.5) is 24.5 Å². The number of hydrogen-bond donors (Lipinski definition) is 3. The zero-order chi connectivity index (χ0) is 23.2. The van der Waals surface area contributed by atoms with Gasteiger partial charge < -0.3 is 15.4 Å². The summed E-state index contributed by atoms with van der Waals surface area (Å²) in [5, 5.41) is 4.97. The number of alkyl halides is 3. The molecule has 2 rings (SSSR count). The summed E-state index contributed by atoms with van der Waals surface area (Å²) < 4.78 is 70.9. The molecule has 3 N–H and O–H groups in total. The highest BCUT2D eigenvalue weighted by molar-refractivity contribution is 7.89. The first-order valence-corrected chi connectivity index (χ1v) is 10.3. The molecular formula is C19H20F3N3O5S. The van der Waals surface area contributed by atoms with Crippen molar-refractivity contribution in [3.05, 3.63) is 54.1 Å². The van der Waals surface area contributed by atoms with Gasteiger partial charge >= 0.3 is 6.18 Å². The fraction of sp³-hybridized carbons (Fsp3) is 0.263. The van der Waals surface area contributed by atoms with E-state index in [9.17, 15) is 31.2 Å². The van der Waals surface area contributed by atoms with Crippen LogP contribution in [-0.4, -0.2) is 40.0 Å². The first kappa shape index (κ1) is 24.3. The average molecular weight is 459 g/mol. The van der Waals surface area contributed by atoms with Gasteiger partial charge in [-0.3, -0.25) is 9.59 Å². The summed E-state index contributed by atoms with van der Waals surface area (Å²) in [6.45, 7) is 1.02. The first-order valence-electron chi connectivity index (χ1n) is 8.82. The molecule has 0 spiro atoms. The second kappa shape index (κ2) is 9.90. The number of ether oxygens (including phenoxy) is 1. The van der Waals surface area contributed by atoms with Gasteiger partial charge in [0.15, 0.2) is 0 Å². The van der Waals surface area contributed by atoms with E-state index in [0.29, 0.717) is 11.8 Å². The van der Waals surface area contributed by atoms with Crippen LogP contribution in [0, 0.1) is 0 Å². The minimum atomic E-state index is -4.88. The van der Waals surface area contributed by atoms with E-state index in [4.69, 9.17) is 4.74 Å². The van der Waals surface area contributed by atoms with E-state index in [1.165, 1.54) is 32.2 Å². The van der Waals surface area contributed by atoms with E-state index in [1.807, 2.05) is 4.72 Å². The van der Waals surface area contributed by atoms with Gasteiger partial charge in [0, 0.05) is 18.5 Å². The van der Waals surface area contributed by atoms with E-state index >= 15 is 0 Å². The molecule has 0 unspecified atom stereocenters. The van der Waals surface area contributed by atoms with Crippen molar-refractivity contribution in [3.63, 3.8) is 0 Å². The number of rotatable bonds is 8. The van der Waals surface area contributed by atoms with Crippen molar-refractivity contribution in [2.24, 2.45) is 0 Å². The Bertz CT molecular complexity index is 1060. The molecule has 8 nitrogen and oxygen atoms in total. The molecule has 0 aromatic heterocycles. The van der Waals surface area contributed by atoms with Crippen LogP contribution in [0.25, 0.3) is 0 Å². The molecule has 2 aromatic carbocycles. The maximum absolute atomic E-state index is 13.1. The smallest absolute Gasteiger partial charge is 0.375 e. The number of anilines is 2. The molecular weight excluding hydrogens is 439 g/mol. The van der Waals surface area contributed by atoms with Gasteiger partial charge in [-0.2, -0.15) is 17.9 Å². The molecule has 1 atom stereocenters. The molecule has 0 saturated carbocycles. The number of nitrogens with one attached hydrogen (secondary N) is 3. The SMILES string of the molecule is COCC(=O)Nc1cccc(NC(=O)[C@H](C)NS(=O)(=O)c2ccccc2C(F)(F)F)c1. The van der Waals surface area contributed by atoms with Crippen LogP contribution in [0.3, 0.4) is 0 Å². The highest BCUT2D eigenvalue weighted by Gasteiger charge is 2.37. The zero-order valence-electron chi connectivity index (χ0n) is 16.5. The Morgan fingerprint density at radius 3 is 2.26 bits per heavy atom. The van der Waals surface area contributed by atoms with E-state index < -0.39 is 44.5 Å².